The molecule has 4 heteroatoms. The second-order valence-corrected chi connectivity index (χ2v) is 6.88. The van der Waals surface area contributed by atoms with E-state index >= 15 is 0 Å². The maximum Gasteiger partial charge on any atom is 0.237 e. The van der Waals surface area contributed by atoms with Crippen molar-refractivity contribution < 1.29 is 4.79 Å². The van der Waals surface area contributed by atoms with Crippen LogP contribution < -0.4 is 11.5 Å². The predicted molar refractivity (Wildman–Crippen MR) is 77.5 cm³/mol. The van der Waals surface area contributed by atoms with E-state index in [0.29, 0.717) is 0 Å². The van der Waals surface area contributed by atoms with Crippen LogP contribution in [0.5, 0.6) is 0 Å². The molecule has 2 aliphatic rings. The molecule has 1 aliphatic heterocycles. The zero-order chi connectivity index (χ0) is 14.0. The van der Waals surface area contributed by atoms with Gasteiger partial charge in [-0.3, -0.25) is 4.79 Å². The van der Waals surface area contributed by atoms with Crippen LogP contribution in [0.1, 0.15) is 46.0 Å². The van der Waals surface area contributed by atoms with E-state index in [1.54, 1.807) is 0 Å². The zero-order valence-corrected chi connectivity index (χ0v) is 12.4. The van der Waals surface area contributed by atoms with E-state index in [1.807, 2.05) is 0 Å². The molecule has 2 fully saturated rings. The number of nitrogens with two attached hydrogens (primary N) is 2. The molecule has 3 atom stereocenters. The number of likely N-dealkylation sites (tertiary alicyclic amines) is 1. The smallest absolute Gasteiger partial charge is 0.237 e. The van der Waals surface area contributed by atoms with E-state index in [0.717, 1.165) is 44.1 Å². The molecule has 0 radical (unpaired) electrons. The van der Waals surface area contributed by atoms with Crippen molar-refractivity contribution in [2.45, 2.75) is 51.5 Å². The monoisotopic (exact) mass is 267 g/mol. The van der Waals surface area contributed by atoms with Gasteiger partial charge in [0, 0.05) is 6.54 Å². The van der Waals surface area contributed by atoms with Gasteiger partial charge in [-0.1, -0.05) is 20.3 Å². The van der Waals surface area contributed by atoms with Crippen molar-refractivity contribution >= 4 is 5.91 Å². The van der Waals surface area contributed by atoms with Crippen molar-refractivity contribution in [3.05, 3.63) is 0 Å². The first-order chi connectivity index (χ1) is 8.93. The normalized spacial score (nSPS) is 36.2. The van der Waals surface area contributed by atoms with Crippen LogP contribution in [0.2, 0.25) is 0 Å². The minimum atomic E-state index is -0.739. The fraction of sp³-hybridized carbons (Fsp3) is 0.933. The number of carbonyl (C=O) groups excluding carboxylic acids is 1. The number of carbonyl (C=O) groups is 1. The maximum atomic E-state index is 11.6. The molecule has 19 heavy (non-hydrogen) atoms. The van der Waals surface area contributed by atoms with Crippen LogP contribution in [0.15, 0.2) is 0 Å². The molecule has 1 saturated carbocycles. The lowest BCUT2D eigenvalue weighted by Gasteiger charge is -2.29. The molecule has 0 spiro atoms. The molecule has 1 amide bonds. The summed E-state index contributed by atoms with van der Waals surface area (Å²) in [5.41, 5.74) is 11.0. The minimum absolute atomic E-state index is 0.281. The largest absolute Gasteiger partial charge is 0.368 e. The first-order valence-electron chi connectivity index (χ1n) is 7.74. The van der Waals surface area contributed by atoms with Gasteiger partial charge in [0.25, 0.3) is 0 Å². The highest BCUT2D eigenvalue weighted by Crippen LogP contribution is 2.36. The first-order valence-corrected chi connectivity index (χ1v) is 7.74. The van der Waals surface area contributed by atoms with Crippen molar-refractivity contribution in [2.75, 3.05) is 19.6 Å². The highest BCUT2D eigenvalue weighted by atomic mass is 16.1. The average Bonchev–Trinajstić information content (AvgIpc) is 2.94. The molecular weight excluding hydrogens is 238 g/mol. The van der Waals surface area contributed by atoms with E-state index in [2.05, 4.69) is 18.7 Å². The summed E-state index contributed by atoms with van der Waals surface area (Å²) in [5, 5.41) is 0. The second kappa shape index (κ2) is 5.80. The summed E-state index contributed by atoms with van der Waals surface area (Å²) in [6, 6.07) is 0. The quantitative estimate of drug-likeness (QED) is 0.789. The Labute approximate surface area is 116 Å². The Morgan fingerprint density at radius 1 is 1.42 bits per heavy atom. The number of primary amides is 1. The number of rotatable bonds is 5. The summed E-state index contributed by atoms with van der Waals surface area (Å²) in [7, 11) is 0. The number of hydrogen-bond acceptors (Lipinski definition) is 3. The molecule has 1 aliphatic carbocycles. The van der Waals surface area contributed by atoms with Gasteiger partial charge in [-0.15, -0.1) is 0 Å². The van der Waals surface area contributed by atoms with Crippen molar-refractivity contribution in [1.29, 1.82) is 0 Å². The van der Waals surface area contributed by atoms with Crippen molar-refractivity contribution in [2.24, 2.45) is 29.2 Å². The topological polar surface area (TPSA) is 72.3 Å². The zero-order valence-electron chi connectivity index (χ0n) is 12.4. The molecule has 4 nitrogen and oxygen atoms in total. The summed E-state index contributed by atoms with van der Waals surface area (Å²) in [5.74, 6) is 1.58. The SMILES string of the molecule is CC(C)C1CCN(CCC2CCCC2(N)C(N)=O)C1. The standard InChI is InChI=1S/C15H29N3O/c1-11(2)12-5-8-18(10-12)9-6-13-4-3-7-15(13,17)14(16)19/h11-13H,3-10,17H2,1-2H3,(H2,16,19). The molecular formula is C15H29N3O. The van der Waals surface area contributed by atoms with Crippen LogP contribution in [0.3, 0.4) is 0 Å². The Morgan fingerprint density at radius 2 is 2.16 bits per heavy atom. The molecule has 0 aromatic heterocycles. The van der Waals surface area contributed by atoms with Gasteiger partial charge in [0.2, 0.25) is 5.91 Å². The van der Waals surface area contributed by atoms with E-state index < -0.39 is 5.54 Å². The lowest BCUT2D eigenvalue weighted by molar-refractivity contribution is -0.124. The van der Waals surface area contributed by atoms with Gasteiger partial charge < -0.3 is 16.4 Å². The molecule has 0 aromatic rings. The third-order valence-corrected chi connectivity index (χ3v) is 5.38. The lowest BCUT2D eigenvalue weighted by Crippen LogP contribution is -2.55. The van der Waals surface area contributed by atoms with Gasteiger partial charge in [0.05, 0.1) is 5.54 Å². The lowest BCUT2D eigenvalue weighted by atomic mass is 9.85. The number of amides is 1. The molecule has 1 heterocycles. The average molecular weight is 267 g/mol. The summed E-state index contributed by atoms with van der Waals surface area (Å²) < 4.78 is 0. The van der Waals surface area contributed by atoms with Gasteiger partial charge in [0.1, 0.15) is 0 Å². The third-order valence-electron chi connectivity index (χ3n) is 5.38. The fourth-order valence-corrected chi connectivity index (χ4v) is 3.78. The van der Waals surface area contributed by atoms with Crippen LogP contribution in [0.25, 0.3) is 0 Å². The number of hydrogen-bond donors (Lipinski definition) is 2. The van der Waals surface area contributed by atoms with E-state index in [4.69, 9.17) is 11.5 Å². The van der Waals surface area contributed by atoms with Crippen LogP contribution in [-0.2, 0) is 4.79 Å². The highest BCUT2D eigenvalue weighted by Gasteiger charge is 2.44. The van der Waals surface area contributed by atoms with Gasteiger partial charge in [0.15, 0.2) is 0 Å². The van der Waals surface area contributed by atoms with Crippen LogP contribution in [-0.4, -0.2) is 36.0 Å². The van der Waals surface area contributed by atoms with Crippen molar-refractivity contribution in [1.82, 2.24) is 4.90 Å². The first kappa shape index (κ1) is 14.8. The van der Waals surface area contributed by atoms with Gasteiger partial charge in [-0.25, -0.2) is 0 Å². The Kier molecular flexibility index (Phi) is 4.51. The Hall–Kier alpha value is -0.610. The molecule has 2 rings (SSSR count). The third kappa shape index (κ3) is 3.11. The number of nitrogens with zero attached hydrogens (tertiary/aromatic N) is 1. The Bertz CT molecular complexity index is 331. The van der Waals surface area contributed by atoms with Gasteiger partial charge in [-0.05, 0) is 56.5 Å². The van der Waals surface area contributed by atoms with E-state index in [-0.39, 0.29) is 11.8 Å². The predicted octanol–water partition coefficient (Wildman–Crippen LogP) is 1.34. The van der Waals surface area contributed by atoms with Gasteiger partial charge in [-0.2, -0.15) is 0 Å². The fourth-order valence-electron chi connectivity index (χ4n) is 3.78. The molecule has 110 valence electrons. The Morgan fingerprint density at radius 3 is 2.74 bits per heavy atom. The Balaban J connectivity index is 1.81. The van der Waals surface area contributed by atoms with Crippen molar-refractivity contribution in [3.8, 4) is 0 Å². The van der Waals surface area contributed by atoms with Gasteiger partial charge >= 0.3 is 0 Å². The molecule has 0 aromatic carbocycles. The maximum absolute atomic E-state index is 11.6. The summed E-state index contributed by atoms with van der Waals surface area (Å²) in [4.78, 5) is 14.1. The van der Waals surface area contributed by atoms with E-state index in [9.17, 15) is 4.79 Å². The molecule has 3 unspecified atom stereocenters. The molecule has 0 bridgehead atoms. The second-order valence-electron chi connectivity index (χ2n) is 6.88. The molecule has 1 saturated heterocycles. The van der Waals surface area contributed by atoms with Crippen LogP contribution in [0, 0.1) is 17.8 Å². The summed E-state index contributed by atoms with van der Waals surface area (Å²) in [6.45, 7) is 8.09. The summed E-state index contributed by atoms with van der Waals surface area (Å²) >= 11 is 0. The van der Waals surface area contributed by atoms with Crippen LogP contribution in [0.4, 0.5) is 0 Å². The van der Waals surface area contributed by atoms with E-state index in [1.165, 1.54) is 19.5 Å². The summed E-state index contributed by atoms with van der Waals surface area (Å²) in [6.07, 6.45) is 5.19. The highest BCUT2D eigenvalue weighted by molar-refractivity contribution is 5.85. The molecule has 4 N–H and O–H groups in total. The minimum Gasteiger partial charge on any atom is -0.368 e. The van der Waals surface area contributed by atoms with Crippen LogP contribution >= 0.6 is 0 Å². The van der Waals surface area contributed by atoms with Crippen molar-refractivity contribution in [3.63, 3.8) is 0 Å².